The van der Waals surface area contributed by atoms with E-state index in [2.05, 4.69) is 18.0 Å². The van der Waals surface area contributed by atoms with Gasteiger partial charge in [0.05, 0.1) is 18.4 Å². The molecule has 5 heteroatoms. The molecule has 0 saturated heterocycles. The van der Waals surface area contributed by atoms with Crippen LogP contribution >= 0.6 is 11.8 Å². The third kappa shape index (κ3) is 2.97. The molecule has 1 atom stereocenters. The molecule has 0 spiro atoms. The molecule has 3 rings (SSSR count). The standard InChI is InChI=1S/C16H19N3OS/c1-12-7-8-19(14-5-3-4-6-15(14)21-12)16(20)9-13-10-17-11-18(13)2/h3-6,10-12H,7-9H2,1-2H3/t12-/m1/s1. The molecular weight excluding hydrogens is 282 g/mol. The highest BCUT2D eigenvalue weighted by Crippen LogP contribution is 2.37. The summed E-state index contributed by atoms with van der Waals surface area (Å²) in [5.41, 5.74) is 1.99. The number of aryl methyl sites for hydroxylation is 1. The van der Waals surface area contributed by atoms with Crippen LogP contribution in [0, 0.1) is 0 Å². The van der Waals surface area contributed by atoms with Crippen LogP contribution in [0.4, 0.5) is 5.69 Å². The van der Waals surface area contributed by atoms with Crippen molar-refractivity contribution in [2.45, 2.75) is 29.9 Å². The van der Waals surface area contributed by atoms with E-state index in [0.29, 0.717) is 11.7 Å². The molecule has 110 valence electrons. The van der Waals surface area contributed by atoms with Crippen LogP contribution in [0.3, 0.4) is 0 Å². The molecule has 0 unspecified atom stereocenters. The largest absolute Gasteiger partial charge is 0.337 e. The lowest BCUT2D eigenvalue weighted by Gasteiger charge is -2.22. The van der Waals surface area contributed by atoms with E-state index in [1.807, 2.05) is 46.5 Å². The smallest absolute Gasteiger partial charge is 0.233 e. The molecule has 0 fully saturated rings. The van der Waals surface area contributed by atoms with Gasteiger partial charge in [0.25, 0.3) is 0 Å². The zero-order valence-electron chi connectivity index (χ0n) is 12.3. The maximum Gasteiger partial charge on any atom is 0.233 e. The number of benzene rings is 1. The molecule has 21 heavy (non-hydrogen) atoms. The summed E-state index contributed by atoms with van der Waals surface area (Å²) in [5, 5.41) is 0.528. The Kier molecular flexibility index (Phi) is 4.01. The average molecular weight is 301 g/mol. The number of anilines is 1. The zero-order chi connectivity index (χ0) is 14.8. The number of amides is 1. The van der Waals surface area contributed by atoms with Crippen molar-refractivity contribution in [1.29, 1.82) is 0 Å². The van der Waals surface area contributed by atoms with E-state index >= 15 is 0 Å². The first-order valence-electron chi connectivity index (χ1n) is 7.16. The number of nitrogens with zero attached hydrogens (tertiary/aromatic N) is 3. The molecule has 0 N–H and O–H groups in total. The van der Waals surface area contributed by atoms with Crippen molar-refractivity contribution in [3.8, 4) is 0 Å². The number of aromatic nitrogens is 2. The van der Waals surface area contributed by atoms with Crippen LogP contribution < -0.4 is 4.90 Å². The Balaban J connectivity index is 1.87. The summed E-state index contributed by atoms with van der Waals surface area (Å²) >= 11 is 1.85. The van der Waals surface area contributed by atoms with Crippen LogP contribution in [0.1, 0.15) is 19.0 Å². The number of rotatable bonds is 2. The predicted molar refractivity (Wildman–Crippen MR) is 85.6 cm³/mol. The summed E-state index contributed by atoms with van der Waals surface area (Å²) in [4.78, 5) is 19.9. The Morgan fingerprint density at radius 3 is 3.00 bits per heavy atom. The van der Waals surface area contributed by atoms with Crippen LogP contribution in [0.15, 0.2) is 41.7 Å². The van der Waals surface area contributed by atoms with E-state index < -0.39 is 0 Å². The number of carbonyl (C=O) groups is 1. The molecule has 1 amide bonds. The van der Waals surface area contributed by atoms with Crippen molar-refractivity contribution in [3.63, 3.8) is 0 Å². The third-order valence-corrected chi connectivity index (χ3v) is 5.03. The summed E-state index contributed by atoms with van der Waals surface area (Å²) in [6.45, 7) is 3.00. The lowest BCUT2D eigenvalue weighted by molar-refractivity contribution is -0.118. The van der Waals surface area contributed by atoms with Gasteiger partial charge in [0.1, 0.15) is 0 Å². The summed E-state index contributed by atoms with van der Waals surface area (Å²) in [6, 6.07) is 8.18. The van der Waals surface area contributed by atoms with Gasteiger partial charge in [-0.2, -0.15) is 0 Å². The van der Waals surface area contributed by atoms with Gasteiger partial charge in [-0.3, -0.25) is 4.79 Å². The zero-order valence-corrected chi connectivity index (χ0v) is 13.1. The Bertz CT molecular complexity index is 652. The third-order valence-electron chi connectivity index (χ3n) is 3.79. The summed E-state index contributed by atoms with van der Waals surface area (Å²) in [7, 11) is 1.92. The van der Waals surface area contributed by atoms with Crippen LogP contribution in [-0.2, 0) is 18.3 Å². The van der Waals surface area contributed by atoms with Gasteiger partial charge in [0, 0.05) is 35.6 Å². The number of fused-ring (bicyclic) bond motifs is 1. The number of hydrogen-bond donors (Lipinski definition) is 0. The van der Waals surface area contributed by atoms with Crippen LogP contribution in [0.25, 0.3) is 0 Å². The van der Waals surface area contributed by atoms with Crippen molar-refractivity contribution in [1.82, 2.24) is 9.55 Å². The highest BCUT2D eigenvalue weighted by molar-refractivity contribution is 8.00. The second-order valence-corrected chi connectivity index (χ2v) is 6.88. The molecule has 2 aromatic rings. The molecule has 2 heterocycles. The molecule has 1 aliphatic heterocycles. The topological polar surface area (TPSA) is 38.1 Å². The Morgan fingerprint density at radius 1 is 1.43 bits per heavy atom. The van der Waals surface area contributed by atoms with Gasteiger partial charge in [-0.05, 0) is 18.6 Å². The second-order valence-electron chi connectivity index (χ2n) is 5.40. The molecule has 0 saturated carbocycles. The van der Waals surface area contributed by atoms with E-state index in [0.717, 1.165) is 24.3 Å². The van der Waals surface area contributed by atoms with Crippen molar-refractivity contribution in [3.05, 3.63) is 42.5 Å². The first-order chi connectivity index (χ1) is 10.1. The fourth-order valence-corrected chi connectivity index (χ4v) is 3.66. The van der Waals surface area contributed by atoms with Gasteiger partial charge in [-0.25, -0.2) is 4.98 Å². The average Bonchev–Trinajstić information content (AvgIpc) is 2.78. The summed E-state index contributed by atoms with van der Waals surface area (Å²) in [6.07, 6.45) is 4.90. The molecule has 4 nitrogen and oxygen atoms in total. The van der Waals surface area contributed by atoms with Crippen LogP contribution in [0.2, 0.25) is 0 Å². The first-order valence-corrected chi connectivity index (χ1v) is 8.04. The predicted octanol–water partition coefficient (Wildman–Crippen LogP) is 2.88. The lowest BCUT2D eigenvalue weighted by atomic mass is 10.2. The van der Waals surface area contributed by atoms with Crippen molar-refractivity contribution >= 4 is 23.4 Å². The Labute approximate surface area is 129 Å². The van der Waals surface area contributed by atoms with Crippen molar-refractivity contribution in [2.24, 2.45) is 7.05 Å². The molecule has 0 aliphatic carbocycles. The maximum atomic E-state index is 12.7. The second kappa shape index (κ2) is 5.93. The van der Waals surface area contributed by atoms with E-state index in [-0.39, 0.29) is 5.91 Å². The SMILES string of the molecule is C[C@@H]1CCN(C(=O)Cc2cncn2C)c2ccccc2S1. The molecule has 1 aromatic carbocycles. The van der Waals surface area contributed by atoms with Gasteiger partial charge in [0.2, 0.25) is 5.91 Å². The molecular formula is C16H19N3OS. The van der Waals surface area contributed by atoms with Gasteiger partial charge in [0.15, 0.2) is 0 Å². The highest BCUT2D eigenvalue weighted by Gasteiger charge is 2.24. The quantitative estimate of drug-likeness (QED) is 0.856. The van der Waals surface area contributed by atoms with E-state index in [4.69, 9.17) is 0 Å². The molecule has 1 aromatic heterocycles. The highest BCUT2D eigenvalue weighted by atomic mass is 32.2. The number of carbonyl (C=O) groups excluding carboxylic acids is 1. The molecule has 0 radical (unpaired) electrons. The van der Waals surface area contributed by atoms with Gasteiger partial charge < -0.3 is 9.47 Å². The van der Waals surface area contributed by atoms with Crippen LogP contribution in [0.5, 0.6) is 0 Å². The maximum absolute atomic E-state index is 12.7. The summed E-state index contributed by atoms with van der Waals surface area (Å²) < 4.78 is 1.90. The van der Waals surface area contributed by atoms with E-state index in [1.165, 1.54) is 4.90 Å². The van der Waals surface area contributed by atoms with Gasteiger partial charge in [-0.15, -0.1) is 11.8 Å². The number of hydrogen-bond acceptors (Lipinski definition) is 3. The number of imidazole rings is 1. The van der Waals surface area contributed by atoms with Crippen molar-refractivity contribution < 1.29 is 4.79 Å². The van der Waals surface area contributed by atoms with Crippen LogP contribution in [-0.4, -0.2) is 27.3 Å². The lowest BCUT2D eigenvalue weighted by Crippen LogP contribution is -2.33. The number of para-hydroxylation sites is 1. The minimum absolute atomic E-state index is 0.140. The monoisotopic (exact) mass is 301 g/mol. The Morgan fingerprint density at radius 2 is 2.24 bits per heavy atom. The fraction of sp³-hybridized carbons (Fsp3) is 0.375. The first kappa shape index (κ1) is 14.2. The number of thioether (sulfide) groups is 1. The fourth-order valence-electron chi connectivity index (χ4n) is 2.55. The summed E-state index contributed by atoms with van der Waals surface area (Å²) in [5.74, 6) is 0.140. The molecule has 0 bridgehead atoms. The van der Waals surface area contributed by atoms with E-state index in [1.54, 1.807) is 12.5 Å². The van der Waals surface area contributed by atoms with Crippen molar-refractivity contribution in [2.75, 3.05) is 11.4 Å². The van der Waals surface area contributed by atoms with E-state index in [9.17, 15) is 4.79 Å². The molecule has 1 aliphatic rings. The normalized spacial score (nSPS) is 18.2. The van der Waals surface area contributed by atoms with Gasteiger partial charge in [-0.1, -0.05) is 19.1 Å². The van der Waals surface area contributed by atoms with Gasteiger partial charge >= 0.3 is 0 Å². The minimum atomic E-state index is 0.140. The Hall–Kier alpha value is -1.75. The minimum Gasteiger partial charge on any atom is -0.337 e.